The van der Waals surface area contributed by atoms with E-state index in [9.17, 15) is 17.9 Å². The van der Waals surface area contributed by atoms with E-state index in [-0.39, 0.29) is 40.3 Å². The number of aliphatic hydroxyl groups excluding tert-OH is 1. The van der Waals surface area contributed by atoms with Crippen molar-refractivity contribution in [3.63, 3.8) is 0 Å². The van der Waals surface area contributed by atoms with E-state index in [1.807, 2.05) is 0 Å². The van der Waals surface area contributed by atoms with Gasteiger partial charge in [0.2, 0.25) is 5.89 Å². The van der Waals surface area contributed by atoms with Gasteiger partial charge in [0.25, 0.3) is 10.0 Å². The van der Waals surface area contributed by atoms with E-state index in [4.69, 9.17) is 16.0 Å². The molecule has 1 saturated carbocycles. The molecule has 32 heavy (non-hydrogen) atoms. The van der Waals surface area contributed by atoms with Crippen LogP contribution in [0.5, 0.6) is 0 Å². The van der Waals surface area contributed by atoms with Gasteiger partial charge in [-0.2, -0.15) is 4.31 Å². The van der Waals surface area contributed by atoms with Gasteiger partial charge in [0.05, 0.1) is 16.1 Å². The minimum atomic E-state index is -4.07. The summed E-state index contributed by atoms with van der Waals surface area (Å²) in [5, 5.41) is 9.87. The van der Waals surface area contributed by atoms with Crippen LogP contribution in [0.25, 0.3) is 11.5 Å². The molecule has 1 N–H and O–H groups in total. The molecule has 0 unspecified atom stereocenters. The molecule has 0 saturated heterocycles. The molecule has 0 aliphatic heterocycles. The molecule has 4 rings (SSSR count). The number of sulfonamides is 1. The first-order chi connectivity index (χ1) is 15.3. The predicted octanol–water partition coefficient (Wildman–Crippen LogP) is 5.08. The lowest BCUT2D eigenvalue weighted by Gasteiger charge is -2.38. The Morgan fingerprint density at radius 1 is 1.19 bits per heavy atom. The molecule has 2 heterocycles. The third-order valence-corrected chi connectivity index (χ3v) is 9.31. The molecule has 0 bridgehead atoms. The molecule has 0 radical (unpaired) electrons. The zero-order valence-corrected chi connectivity index (χ0v) is 19.3. The third kappa shape index (κ3) is 4.47. The summed E-state index contributed by atoms with van der Waals surface area (Å²) in [7, 11) is -4.07. The van der Waals surface area contributed by atoms with Crippen LogP contribution in [0.3, 0.4) is 0 Å². The molecule has 0 amide bonds. The normalized spacial score (nSPS) is 19.5. The lowest BCUT2D eigenvalue weighted by Crippen LogP contribution is -2.46. The van der Waals surface area contributed by atoms with Gasteiger partial charge in [-0.15, -0.1) is 11.3 Å². The zero-order valence-electron chi connectivity index (χ0n) is 16.9. The highest BCUT2D eigenvalue weighted by atomic mass is 35.5. The second-order valence-corrected chi connectivity index (χ2v) is 11.5. The maximum absolute atomic E-state index is 15.0. The second-order valence-electron chi connectivity index (χ2n) is 7.64. The van der Waals surface area contributed by atoms with Crippen LogP contribution in [-0.4, -0.2) is 35.5 Å². The number of benzene rings is 1. The molecule has 2 atom stereocenters. The number of thiophene rings is 1. The minimum absolute atomic E-state index is 0.0158. The number of rotatable bonds is 7. The molecule has 1 aliphatic carbocycles. The number of hydrogen-bond donors (Lipinski definition) is 1. The molecule has 0 spiro atoms. The number of hydrogen-bond acceptors (Lipinski definition) is 6. The fourth-order valence-electron chi connectivity index (χ4n) is 4.11. The van der Waals surface area contributed by atoms with Crippen LogP contribution >= 0.6 is 22.9 Å². The SMILES string of the molecule is O=S(=O)(c1ccc(Cl)s1)N(Cc1ccc(-c2ncco2)c(F)c1F)[C@H]1CCCC[C@@H]1CO. The summed E-state index contributed by atoms with van der Waals surface area (Å²) < 4.78 is 63.4. The Labute approximate surface area is 193 Å². The predicted molar refractivity (Wildman–Crippen MR) is 117 cm³/mol. The Balaban J connectivity index is 1.75. The number of aliphatic hydroxyl groups is 1. The Morgan fingerprint density at radius 2 is 1.97 bits per heavy atom. The summed E-state index contributed by atoms with van der Waals surface area (Å²) in [5.41, 5.74) is -0.270. The average molecular weight is 503 g/mol. The second kappa shape index (κ2) is 9.56. The van der Waals surface area contributed by atoms with Crippen molar-refractivity contribution in [2.24, 2.45) is 5.92 Å². The van der Waals surface area contributed by atoms with Crippen LogP contribution in [0.2, 0.25) is 4.34 Å². The maximum atomic E-state index is 15.0. The third-order valence-electron chi connectivity index (χ3n) is 5.74. The Kier molecular flexibility index (Phi) is 6.97. The maximum Gasteiger partial charge on any atom is 0.253 e. The molecule has 1 aliphatic rings. The molecule has 11 heteroatoms. The van der Waals surface area contributed by atoms with Crippen molar-refractivity contribution in [2.75, 3.05) is 6.61 Å². The van der Waals surface area contributed by atoms with Crippen molar-refractivity contribution in [1.82, 2.24) is 9.29 Å². The van der Waals surface area contributed by atoms with E-state index in [2.05, 4.69) is 4.98 Å². The van der Waals surface area contributed by atoms with Crippen LogP contribution < -0.4 is 0 Å². The van der Waals surface area contributed by atoms with Crippen molar-refractivity contribution in [3.8, 4) is 11.5 Å². The van der Waals surface area contributed by atoms with Crippen LogP contribution in [0, 0.1) is 17.6 Å². The summed E-state index contributed by atoms with van der Waals surface area (Å²) in [6.07, 6.45) is 5.38. The van der Waals surface area contributed by atoms with E-state index in [1.165, 1.54) is 41.0 Å². The quantitative estimate of drug-likeness (QED) is 0.487. The largest absolute Gasteiger partial charge is 0.444 e. The van der Waals surface area contributed by atoms with Gasteiger partial charge >= 0.3 is 0 Å². The fourth-order valence-corrected chi connectivity index (χ4v) is 7.42. The summed E-state index contributed by atoms with van der Waals surface area (Å²) in [6.45, 7) is -0.574. The standard InChI is InChI=1S/C21H21ClF2N2O4S2/c22-17-7-8-18(31-17)32(28,29)26(16-4-2-1-3-14(16)12-27)11-13-5-6-15(20(24)19(13)23)21-25-9-10-30-21/h5-10,14,16,27H,1-4,11-12H2/t14-,16+/m1/s1. The highest BCUT2D eigenvalue weighted by Gasteiger charge is 2.39. The van der Waals surface area contributed by atoms with Crippen LogP contribution in [0.4, 0.5) is 8.78 Å². The monoisotopic (exact) mass is 502 g/mol. The van der Waals surface area contributed by atoms with Gasteiger partial charge in [-0.05, 0) is 37.0 Å². The Hall–Kier alpha value is -1.85. The van der Waals surface area contributed by atoms with Gasteiger partial charge < -0.3 is 9.52 Å². The number of halogens is 3. The Morgan fingerprint density at radius 3 is 2.62 bits per heavy atom. The minimum Gasteiger partial charge on any atom is -0.444 e. The first kappa shape index (κ1) is 23.3. The number of oxazole rings is 1. The van der Waals surface area contributed by atoms with Gasteiger partial charge in [0, 0.05) is 24.8 Å². The first-order valence-corrected chi connectivity index (χ1v) is 12.7. The molecule has 1 aromatic carbocycles. The van der Waals surface area contributed by atoms with Crippen LogP contribution in [-0.2, 0) is 16.6 Å². The van der Waals surface area contributed by atoms with E-state index in [0.29, 0.717) is 17.2 Å². The van der Waals surface area contributed by atoms with Crippen molar-refractivity contribution in [3.05, 3.63) is 58.3 Å². The summed E-state index contributed by atoms with van der Waals surface area (Å²) >= 11 is 6.86. The van der Waals surface area contributed by atoms with Gasteiger partial charge in [0.1, 0.15) is 10.5 Å². The molecule has 1 fully saturated rings. The molecule has 3 aromatic rings. The molecular formula is C21H21ClF2N2O4S2. The van der Waals surface area contributed by atoms with Gasteiger partial charge in [-0.1, -0.05) is 30.5 Å². The molecule has 2 aromatic heterocycles. The molecule has 172 valence electrons. The van der Waals surface area contributed by atoms with Gasteiger partial charge in [0.15, 0.2) is 11.6 Å². The summed E-state index contributed by atoms with van der Waals surface area (Å²) in [5.74, 6) is -2.70. The average Bonchev–Trinajstić information content (AvgIpc) is 3.47. The Bertz CT molecular complexity index is 1180. The van der Waals surface area contributed by atoms with Crippen LogP contribution in [0.1, 0.15) is 31.2 Å². The van der Waals surface area contributed by atoms with Gasteiger partial charge in [-0.3, -0.25) is 0 Å². The lowest BCUT2D eigenvalue weighted by molar-refractivity contribution is 0.109. The topological polar surface area (TPSA) is 83.6 Å². The van der Waals surface area contributed by atoms with Crippen molar-refractivity contribution < 1.29 is 26.7 Å². The van der Waals surface area contributed by atoms with E-state index in [1.54, 1.807) is 0 Å². The smallest absolute Gasteiger partial charge is 0.253 e. The van der Waals surface area contributed by atoms with Gasteiger partial charge in [-0.25, -0.2) is 22.2 Å². The zero-order chi connectivity index (χ0) is 22.9. The van der Waals surface area contributed by atoms with Crippen LogP contribution in [0.15, 0.2) is 45.4 Å². The number of aromatic nitrogens is 1. The van der Waals surface area contributed by atoms with E-state index in [0.717, 1.165) is 24.2 Å². The van der Waals surface area contributed by atoms with E-state index >= 15 is 4.39 Å². The van der Waals surface area contributed by atoms with Crippen molar-refractivity contribution >= 4 is 33.0 Å². The van der Waals surface area contributed by atoms with Crippen molar-refractivity contribution in [2.45, 2.75) is 42.5 Å². The van der Waals surface area contributed by atoms with Crippen molar-refractivity contribution in [1.29, 1.82) is 0 Å². The highest BCUT2D eigenvalue weighted by molar-refractivity contribution is 7.91. The summed E-state index contributed by atoms with van der Waals surface area (Å²) in [4.78, 5) is 3.84. The summed E-state index contributed by atoms with van der Waals surface area (Å²) in [6, 6.07) is 4.98. The number of nitrogens with zero attached hydrogens (tertiary/aromatic N) is 2. The molecular weight excluding hydrogens is 482 g/mol. The molecule has 6 nitrogen and oxygen atoms in total. The highest BCUT2D eigenvalue weighted by Crippen LogP contribution is 2.37. The lowest BCUT2D eigenvalue weighted by atomic mass is 9.85. The first-order valence-electron chi connectivity index (χ1n) is 10.1. The van der Waals surface area contributed by atoms with E-state index < -0.39 is 27.7 Å². The fraction of sp³-hybridized carbons (Fsp3) is 0.381.